The van der Waals surface area contributed by atoms with Crippen LogP contribution in [0.5, 0.6) is 23.0 Å². The van der Waals surface area contributed by atoms with Crippen molar-refractivity contribution >= 4 is 5.78 Å². The zero-order valence-corrected chi connectivity index (χ0v) is 15.8. The predicted octanol–water partition coefficient (Wildman–Crippen LogP) is 5.07. The van der Waals surface area contributed by atoms with Gasteiger partial charge in [-0.15, -0.1) is 0 Å². The molecular formula is C25H18O5. The summed E-state index contributed by atoms with van der Waals surface area (Å²) in [6, 6.07) is 22.8. The van der Waals surface area contributed by atoms with Crippen LogP contribution >= 0.6 is 0 Å². The van der Waals surface area contributed by atoms with E-state index in [1.165, 1.54) is 18.2 Å². The summed E-state index contributed by atoms with van der Waals surface area (Å²) in [5, 5.41) is 41.6. The average Bonchev–Trinajstić information content (AvgIpc) is 2.75. The highest BCUT2D eigenvalue weighted by Crippen LogP contribution is 2.46. The molecule has 0 unspecified atom stereocenters. The predicted molar refractivity (Wildman–Crippen MR) is 114 cm³/mol. The second-order valence-electron chi connectivity index (χ2n) is 6.81. The number of phenols is 4. The Balaban J connectivity index is 2.00. The van der Waals surface area contributed by atoms with E-state index in [-0.39, 0.29) is 28.2 Å². The third kappa shape index (κ3) is 3.33. The van der Waals surface area contributed by atoms with Crippen molar-refractivity contribution in [3.05, 3.63) is 96.1 Å². The summed E-state index contributed by atoms with van der Waals surface area (Å²) >= 11 is 0. The maximum Gasteiger partial charge on any atom is 0.200 e. The SMILES string of the molecule is O=C(c1ccc(O)cc1O)c1cc(-c2ccccc2)c(O)c(-c2ccccc2)c1O. The van der Waals surface area contributed by atoms with Gasteiger partial charge in [0.05, 0.1) is 16.7 Å². The Morgan fingerprint density at radius 3 is 1.80 bits per heavy atom. The highest BCUT2D eigenvalue weighted by molar-refractivity contribution is 6.14. The number of aromatic hydroxyl groups is 4. The van der Waals surface area contributed by atoms with Crippen molar-refractivity contribution in [2.24, 2.45) is 0 Å². The number of carbonyl (C=O) groups is 1. The zero-order valence-electron chi connectivity index (χ0n) is 15.8. The molecule has 4 N–H and O–H groups in total. The highest BCUT2D eigenvalue weighted by Gasteiger charge is 2.25. The molecule has 0 saturated carbocycles. The molecular weight excluding hydrogens is 380 g/mol. The second kappa shape index (κ2) is 7.64. The van der Waals surface area contributed by atoms with E-state index in [0.29, 0.717) is 16.7 Å². The van der Waals surface area contributed by atoms with E-state index < -0.39 is 17.3 Å². The number of ketones is 1. The lowest BCUT2D eigenvalue weighted by Crippen LogP contribution is -2.04. The van der Waals surface area contributed by atoms with Gasteiger partial charge in [0.2, 0.25) is 5.78 Å². The van der Waals surface area contributed by atoms with Crippen molar-refractivity contribution in [1.29, 1.82) is 0 Å². The van der Waals surface area contributed by atoms with Gasteiger partial charge in [0.25, 0.3) is 0 Å². The Hall–Kier alpha value is -4.25. The molecule has 5 nitrogen and oxygen atoms in total. The maximum atomic E-state index is 13.2. The molecule has 0 aliphatic carbocycles. The number of hydrogen-bond donors (Lipinski definition) is 4. The van der Waals surface area contributed by atoms with Gasteiger partial charge in [-0.3, -0.25) is 4.79 Å². The van der Waals surface area contributed by atoms with Crippen molar-refractivity contribution in [3.63, 3.8) is 0 Å². The van der Waals surface area contributed by atoms with Crippen LogP contribution in [-0.4, -0.2) is 26.2 Å². The summed E-state index contributed by atoms with van der Waals surface area (Å²) in [4.78, 5) is 13.2. The molecule has 0 fully saturated rings. The summed E-state index contributed by atoms with van der Waals surface area (Å²) in [6.45, 7) is 0. The van der Waals surface area contributed by atoms with Gasteiger partial charge in [0.15, 0.2) is 0 Å². The Kier molecular flexibility index (Phi) is 4.86. The number of rotatable bonds is 4. The van der Waals surface area contributed by atoms with E-state index in [2.05, 4.69) is 0 Å². The fraction of sp³-hybridized carbons (Fsp3) is 0. The molecule has 4 aromatic carbocycles. The van der Waals surface area contributed by atoms with E-state index in [1.807, 2.05) is 6.07 Å². The topological polar surface area (TPSA) is 98.0 Å². The molecule has 0 bridgehead atoms. The van der Waals surface area contributed by atoms with Crippen LogP contribution in [0, 0.1) is 0 Å². The van der Waals surface area contributed by atoms with Crippen LogP contribution in [-0.2, 0) is 0 Å². The average molecular weight is 398 g/mol. The zero-order chi connectivity index (χ0) is 21.3. The maximum absolute atomic E-state index is 13.2. The molecule has 30 heavy (non-hydrogen) atoms. The fourth-order valence-corrected chi connectivity index (χ4v) is 3.41. The molecule has 0 spiro atoms. The summed E-state index contributed by atoms with van der Waals surface area (Å²) in [7, 11) is 0. The summed E-state index contributed by atoms with van der Waals surface area (Å²) < 4.78 is 0. The lowest BCUT2D eigenvalue weighted by Gasteiger charge is -2.16. The second-order valence-corrected chi connectivity index (χ2v) is 6.81. The molecule has 0 aromatic heterocycles. The van der Waals surface area contributed by atoms with E-state index in [4.69, 9.17) is 0 Å². The van der Waals surface area contributed by atoms with Crippen molar-refractivity contribution < 1.29 is 25.2 Å². The van der Waals surface area contributed by atoms with Crippen molar-refractivity contribution in [1.82, 2.24) is 0 Å². The van der Waals surface area contributed by atoms with Gasteiger partial charge in [0.1, 0.15) is 23.0 Å². The summed E-state index contributed by atoms with van der Waals surface area (Å²) in [5.41, 5.74) is 1.54. The Labute approximate surface area is 172 Å². The quantitative estimate of drug-likeness (QED) is 0.360. The lowest BCUT2D eigenvalue weighted by molar-refractivity contribution is 0.103. The first-order valence-electron chi connectivity index (χ1n) is 9.24. The molecule has 0 atom stereocenters. The van der Waals surface area contributed by atoms with Crippen LogP contribution in [0.15, 0.2) is 84.9 Å². The Bertz CT molecular complexity index is 1230. The molecule has 0 aliphatic rings. The van der Waals surface area contributed by atoms with E-state index >= 15 is 0 Å². The molecule has 0 aliphatic heterocycles. The highest BCUT2D eigenvalue weighted by atomic mass is 16.3. The molecule has 4 aromatic rings. The molecule has 0 amide bonds. The Morgan fingerprint density at radius 2 is 1.20 bits per heavy atom. The number of benzene rings is 4. The fourth-order valence-electron chi connectivity index (χ4n) is 3.41. The molecule has 0 saturated heterocycles. The molecule has 5 heteroatoms. The standard InChI is InChI=1S/C25H18O5/c26-17-11-12-18(21(27)13-17)23(28)20-14-19(15-7-3-1-4-8-15)24(29)22(25(20)30)16-9-5-2-6-10-16/h1-14,26-27,29-30H. The monoisotopic (exact) mass is 398 g/mol. The van der Waals surface area contributed by atoms with Gasteiger partial charge >= 0.3 is 0 Å². The molecule has 148 valence electrons. The van der Waals surface area contributed by atoms with Crippen LogP contribution in [0.3, 0.4) is 0 Å². The molecule has 4 rings (SSSR count). The van der Waals surface area contributed by atoms with Crippen molar-refractivity contribution in [2.45, 2.75) is 0 Å². The van der Waals surface area contributed by atoms with Gasteiger partial charge < -0.3 is 20.4 Å². The van der Waals surface area contributed by atoms with E-state index in [1.54, 1.807) is 54.6 Å². The first-order valence-corrected chi connectivity index (χ1v) is 9.24. The van der Waals surface area contributed by atoms with E-state index in [9.17, 15) is 25.2 Å². The van der Waals surface area contributed by atoms with Crippen LogP contribution in [0.4, 0.5) is 0 Å². The van der Waals surface area contributed by atoms with Crippen LogP contribution in [0.1, 0.15) is 15.9 Å². The minimum absolute atomic E-state index is 0.0770. The van der Waals surface area contributed by atoms with Gasteiger partial charge in [-0.25, -0.2) is 0 Å². The van der Waals surface area contributed by atoms with Crippen LogP contribution < -0.4 is 0 Å². The number of phenolic OH excluding ortho intramolecular Hbond substituents is 4. The largest absolute Gasteiger partial charge is 0.508 e. The van der Waals surface area contributed by atoms with Crippen molar-refractivity contribution in [3.8, 4) is 45.3 Å². The Morgan fingerprint density at radius 1 is 0.600 bits per heavy atom. The number of hydrogen-bond acceptors (Lipinski definition) is 5. The van der Waals surface area contributed by atoms with Gasteiger partial charge in [-0.1, -0.05) is 60.7 Å². The van der Waals surface area contributed by atoms with E-state index in [0.717, 1.165) is 6.07 Å². The summed E-state index contributed by atoms with van der Waals surface area (Å²) in [5.74, 6) is -1.78. The molecule has 0 radical (unpaired) electrons. The van der Waals surface area contributed by atoms with Gasteiger partial charge in [-0.05, 0) is 29.3 Å². The summed E-state index contributed by atoms with van der Waals surface area (Å²) in [6.07, 6.45) is 0. The number of carbonyl (C=O) groups excluding carboxylic acids is 1. The van der Waals surface area contributed by atoms with Gasteiger partial charge in [0, 0.05) is 11.6 Å². The lowest BCUT2D eigenvalue weighted by atomic mass is 9.90. The van der Waals surface area contributed by atoms with Crippen molar-refractivity contribution in [2.75, 3.05) is 0 Å². The first-order chi connectivity index (χ1) is 14.5. The minimum atomic E-state index is -0.639. The third-order valence-corrected chi connectivity index (χ3v) is 4.89. The first kappa shape index (κ1) is 19.1. The van der Waals surface area contributed by atoms with Gasteiger partial charge in [-0.2, -0.15) is 0 Å². The van der Waals surface area contributed by atoms with Crippen LogP contribution in [0.2, 0.25) is 0 Å². The normalized spacial score (nSPS) is 10.7. The minimum Gasteiger partial charge on any atom is -0.508 e. The smallest absolute Gasteiger partial charge is 0.200 e. The van der Waals surface area contributed by atoms with Crippen LogP contribution in [0.25, 0.3) is 22.3 Å². The molecule has 0 heterocycles. The third-order valence-electron chi connectivity index (χ3n) is 4.89.